The number of rotatable bonds is 3. The number of ether oxygens (including phenoxy) is 1. The zero-order valence-corrected chi connectivity index (χ0v) is 14.9. The van der Waals surface area contributed by atoms with Crippen LogP contribution in [0.25, 0.3) is 5.69 Å². The first-order valence-electron chi connectivity index (χ1n) is 8.99. The van der Waals surface area contributed by atoms with Gasteiger partial charge in [-0.3, -0.25) is 9.56 Å². The van der Waals surface area contributed by atoms with Crippen LogP contribution in [0.15, 0.2) is 47.5 Å². The van der Waals surface area contributed by atoms with E-state index in [0.29, 0.717) is 6.54 Å². The summed E-state index contributed by atoms with van der Waals surface area (Å²) in [5, 5.41) is 8.54. The summed E-state index contributed by atoms with van der Waals surface area (Å²) < 4.78 is 7.56. The number of benzene rings is 2. The van der Waals surface area contributed by atoms with E-state index in [1.165, 1.54) is 18.4 Å². The molecule has 130 valence electrons. The maximum atomic E-state index is 5.47. The summed E-state index contributed by atoms with van der Waals surface area (Å²) in [6.45, 7) is 2.48. The minimum atomic E-state index is 0.511. The highest BCUT2D eigenvalue weighted by atomic mass is 16.5. The van der Waals surface area contributed by atoms with Crippen molar-refractivity contribution in [3.8, 4) is 11.4 Å². The van der Waals surface area contributed by atoms with Crippen LogP contribution in [0.1, 0.15) is 47.1 Å². The minimum Gasteiger partial charge on any atom is -0.497 e. The lowest BCUT2D eigenvalue weighted by atomic mass is 9.98. The molecule has 5 nitrogen and oxygen atoms in total. The second-order valence-electron chi connectivity index (χ2n) is 6.94. The van der Waals surface area contributed by atoms with E-state index >= 15 is 0 Å². The Morgan fingerprint density at radius 3 is 2.58 bits per heavy atom. The standard InChI is InChI=1S/C21H20N4O/c1-13-23-24-20-12-22-21(16-7-5-15(6-8-16)14-3-4-14)18-11-17(26-2)9-10-19(18)25(13)20/h5-11,14H,3-4,12H2,1-2H3. The molecule has 0 spiro atoms. The first kappa shape index (κ1) is 15.3. The summed E-state index contributed by atoms with van der Waals surface area (Å²) in [7, 11) is 1.69. The van der Waals surface area contributed by atoms with Crippen LogP contribution in [-0.2, 0) is 6.54 Å². The van der Waals surface area contributed by atoms with Crippen molar-refractivity contribution in [1.82, 2.24) is 14.8 Å². The summed E-state index contributed by atoms with van der Waals surface area (Å²) >= 11 is 0. The first-order valence-corrected chi connectivity index (χ1v) is 8.99. The SMILES string of the molecule is COc1ccc2c(c1)C(c1ccc(C3CC3)cc1)=NCc1nnc(C)n1-2. The molecule has 26 heavy (non-hydrogen) atoms. The molecule has 1 saturated carbocycles. The number of aromatic nitrogens is 3. The van der Waals surface area contributed by atoms with Crippen molar-refractivity contribution in [2.75, 3.05) is 7.11 Å². The van der Waals surface area contributed by atoms with E-state index < -0.39 is 0 Å². The molecule has 2 heterocycles. The highest BCUT2D eigenvalue weighted by Crippen LogP contribution is 2.40. The van der Waals surface area contributed by atoms with E-state index in [4.69, 9.17) is 9.73 Å². The van der Waals surface area contributed by atoms with E-state index in [1.54, 1.807) is 7.11 Å². The number of hydrogen-bond donors (Lipinski definition) is 0. The maximum Gasteiger partial charge on any atom is 0.159 e. The van der Waals surface area contributed by atoms with Gasteiger partial charge >= 0.3 is 0 Å². The molecular formula is C21H20N4O. The van der Waals surface area contributed by atoms with Gasteiger partial charge in [0.15, 0.2) is 5.82 Å². The third-order valence-corrected chi connectivity index (χ3v) is 5.20. The average Bonchev–Trinajstić information content (AvgIpc) is 3.48. The molecule has 1 aliphatic heterocycles. The molecule has 3 aromatic rings. The maximum absolute atomic E-state index is 5.47. The van der Waals surface area contributed by atoms with Crippen molar-refractivity contribution >= 4 is 5.71 Å². The van der Waals surface area contributed by atoms with Gasteiger partial charge in [0, 0.05) is 11.1 Å². The third-order valence-electron chi connectivity index (χ3n) is 5.20. The first-order chi connectivity index (χ1) is 12.7. The summed E-state index contributed by atoms with van der Waals surface area (Å²) in [6.07, 6.45) is 2.63. The molecule has 0 amide bonds. The number of nitrogens with zero attached hydrogens (tertiary/aromatic N) is 4. The fraction of sp³-hybridized carbons (Fsp3) is 0.286. The summed E-state index contributed by atoms with van der Waals surface area (Å²) in [4.78, 5) is 4.89. The monoisotopic (exact) mass is 344 g/mol. The van der Waals surface area contributed by atoms with Gasteiger partial charge in [-0.25, -0.2) is 0 Å². The van der Waals surface area contributed by atoms with E-state index in [2.05, 4.69) is 51.2 Å². The number of aryl methyl sites for hydroxylation is 1. The van der Waals surface area contributed by atoms with E-state index in [1.807, 2.05) is 13.0 Å². The Morgan fingerprint density at radius 1 is 1.04 bits per heavy atom. The average molecular weight is 344 g/mol. The van der Waals surface area contributed by atoms with Crippen LogP contribution in [0.2, 0.25) is 0 Å². The van der Waals surface area contributed by atoms with E-state index in [0.717, 1.165) is 45.8 Å². The number of hydrogen-bond acceptors (Lipinski definition) is 4. The lowest BCUT2D eigenvalue weighted by molar-refractivity contribution is 0.414. The molecule has 0 radical (unpaired) electrons. The van der Waals surface area contributed by atoms with Crippen LogP contribution in [0, 0.1) is 6.92 Å². The molecule has 0 N–H and O–H groups in total. The molecule has 0 bridgehead atoms. The van der Waals surface area contributed by atoms with Crippen molar-refractivity contribution in [3.63, 3.8) is 0 Å². The van der Waals surface area contributed by atoms with Gasteiger partial charge in [-0.05, 0) is 49.4 Å². The molecule has 2 aromatic carbocycles. The largest absolute Gasteiger partial charge is 0.497 e. The third kappa shape index (κ3) is 2.43. The fourth-order valence-electron chi connectivity index (χ4n) is 3.66. The second kappa shape index (κ2) is 5.80. The molecule has 0 atom stereocenters. The van der Waals surface area contributed by atoms with Gasteiger partial charge in [-0.1, -0.05) is 24.3 Å². The van der Waals surface area contributed by atoms with Crippen LogP contribution in [-0.4, -0.2) is 27.6 Å². The van der Waals surface area contributed by atoms with Gasteiger partial charge in [0.2, 0.25) is 0 Å². The van der Waals surface area contributed by atoms with Crippen LogP contribution in [0.5, 0.6) is 5.75 Å². The predicted octanol–water partition coefficient (Wildman–Crippen LogP) is 3.81. The van der Waals surface area contributed by atoms with Gasteiger partial charge in [-0.15, -0.1) is 10.2 Å². The van der Waals surface area contributed by atoms with Crippen molar-refractivity contribution in [3.05, 3.63) is 70.8 Å². The molecule has 0 unspecified atom stereocenters. The van der Waals surface area contributed by atoms with Crippen molar-refractivity contribution in [1.29, 1.82) is 0 Å². The van der Waals surface area contributed by atoms with Crippen LogP contribution in [0.4, 0.5) is 0 Å². The molecule has 1 aromatic heterocycles. The lowest BCUT2D eigenvalue weighted by Gasteiger charge is -2.14. The van der Waals surface area contributed by atoms with Gasteiger partial charge in [-0.2, -0.15) is 0 Å². The summed E-state index contributed by atoms with van der Waals surface area (Å²) in [5.41, 5.74) is 5.63. The molecule has 2 aliphatic rings. The number of fused-ring (bicyclic) bond motifs is 3. The van der Waals surface area contributed by atoms with E-state index in [-0.39, 0.29) is 0 Å². The summed E-state index contributed by atoms with van der Waals surface area (Å²) in [5.74, 6) is 3.30. The Kier molecular flexibility index (Phi) is 3.42. The van der Waals surface area contributed by atoms with Gasteiger partial charge in [0.1, 0.15) is 18.1 Å². The molecule has 5 heteroatoms. The zero-order valence-electron chi connectivity index (χ0n) is 14.9. The number of methoxy groups -OCH3 is 1. The minimum absolute atomic E-state index is 0.511. The smallest absolute Gasteiger partial charge is 0.159 e. The molecule has 5 rings (SSSR count). The highest BCUT2D eigenvalue weighted by Gasteiger charge is 2.25. The normalized spacial score (nSPS) is 15.7. The topological polar surface area (TPSA) is 52.3 Å². The molecular weight excluding hydrogens is 324 g/mol. The summed E-state index contributed by atoms with van der Waals surface area (Å²) in [6, 6.07) is 15.0. The molecule has 1 aliphatic carbocycles. The van der Waals surface area contributed by atoms with Crippen molar-refractivity contribution in [2.24, 2.45) is 4.99 Å². The molecule has 0 saturated heterocycles. The van der Waals surface area contributed by atoms with Crippen LogP contribution < -0.4 is 4.74 Å². The highest BCUT2D eigenvalue weighted by molar-refractivity contribution is 6.15. The Bertz CT molecular complexity index is 1010. The van der Waals surface area contributed by atoms with Crippen molar-refractivity contribution in [2.45, 2.75) is 32.2 Å². The quantitative estimate of drug-likeness (QED) is 0.726. The van der Waals surface area contributed by atoms with Crippen LogP contribution in [0.3, 0.4) is 0 Å². The van der Waals surface area contributed by atoms with Gasteiger partial charge in [0.05, 0.1) is 18.5 Å². The van der Waals surface area contributed by atoms with Crippen molar-refractivity contribution < 1.29 is 4.74 Å². The fourth-order valence-corrected chi connectivity index (χ4v) is 3.66. The lowest BCUT2D eigenvalue weighted by Crippen LogP contribution is -2.08. The predicted molar refractivity (Wildman–Crippen MR) is 100 cm³/mol. The molecule has 1 fully saturated rings. The zero-order chi connectivity index (χ0) is 17.7. The number of aliphatic imine (C=N–C) groups is 1. The second-order valence-corrected chi connectivity index (χ2v) is 6.94. The Hall–Kier alpha value is -2.95. The Balaban J connectivity index is 1.67. The van der Waals surface area contributed by atoms with Crippen LogP contribution >= 0.6 is 0 Å². The van der Waals surface area contributed by atoms with Gasteiger partial charge < -0.3 is 4.74 Å². The Morgan fingerprint density at radius 2 is 1.85 bits per heavy atom. The van der Waals surface area contributed by atoms with Gasteiger partial charge in [0.25, 0.3) is 0 Å². The van der Waals surface area contributed by atoms with E-state index in [9.17, 15) is 0 Å². The Labute approximate surface area is 152 Å².